The highest BCUT2D eigenvalue weighted by molar-refractivity contribution is 7.86. The molecule has 1 N–H and O–H groups in total. The van der Waals surface area contributed by atoms with Gasteiger partial charge in [0.25, 0.3) is 10.1 Å². The Morgan fingerprint density at radius 3 is 1.86 bits per heavy atom. The van der Waals surface area contributed by atoms with Crippen LogP contribution in [0.1, 0.15) is 103 Å². The highest BCUT2D eigenvalue weighted by atomic mass is 32.2. The quantitative estimate of drug-likeness (QED) is 0.234. The first-order valence-corrected chi connectivity index (χ1v) is 13.0. The normalized spacial score (nSPS) is 14.0. The number of hydrogen-bond acceptors (Lipinski definition) is 3. The molecule has 29 heavy (non-hydrogen) atoms. The second kappa shape index (κ2) is 14.0. The summed E-state index contributed by atoms with van der Waals surface area (Å²) in [6.07, 6.45) is 14.1. The number of rotatable bonds is 16. The molecule has 0 aliphatic carbocycles. The maximum absolute atomic E-state index is 11.4. The van der Waals surface area contributed by atoms with Crippen LogP contribution >= 0.6 is 0 Å². The van der Waals surface area contributed by atoms with Crippen molar-refractivity contribution in [1.82, 2.24) is 0 Å². The fourth-order valence-electron chi connectivity index (χ4n) is 3.54. The Bertz CT molecular complexity index is 669. The summed E-state index contributed by atoms with van der Waals surface area (Å²) < 4.78 is 37.9. The zero-order chi connectivity index (χ0) is 21.7. The van der Waals surface area contributed by atoms with Gasteiger partial charge in [0.05, 0.1) is 0 Å². The number of hydrogen-bond donors (Lipinski definition) is 1. The minimum atomic E-state index is -4.11. The number of benzene rings is 1. The summed E-state index contributed by atoms with van der Waals surface area (Å²) in [5.74, 6) is 0.686. The second-order valence-corrected chi connectivity index (χ2v) is 10.1. The molecule has 2 atom stereocenters. The lowest BCUT2D eigenvalue weighted by molar-refractivity contribution is 0.214. The summed E-state index contributed by atoms with van der Waals surface area (Å²) in [4.78, 5) is 0. The predicted molar refractivity (Wildman–Crippen MR) is 122 cm³/mol. The van der Waals surface area contributed by atoms with Gasteiger partial charge in [0.15, 0.2) is 0 Å². The molecule has 5 heteroatoms. The van der Waals surface area contributed by atoms with E-state index < -0.39 is 21.5 Å². The Morgan fingerprint density at radius 2 is 1.34 bits per heavy atom. The third-order valence-electron chi connectivity index (χ3n) is 5.73. The molecule has 0 aliphatic rings. The molecule has 1 aromatic rings. The van der Waals surface area contributed by atoms with E-state index >= 15 is 0 Å². The summed E-state index contributed by atoms with van der Waals surface area (Å²) in [7, 11) is -4.11. The molecule has 4 nitrogen and oxygen atoms in total. The minimum Gasteiger partial charge on any atom is -0.489 e. The largest absolute Gasteiger partial charge is 0.489 e. The molecule has 0 aromatic heterocycles. The van der Waals surface area contributed by atoms with Crippen LogP contribution < -0.4 is 4.74 Å². The van der Waals surface area contributed by atoms with E-state index in [2.05, 4.69) is 26.0 Å². The summed E-state index contributed by atoms with van der Waals surface area (Å²) in [5, 5.41) is -0.960. The van der Waals surface area contributed by atoms with Crippen LogP contribution in [0.5, 0.6) is 5.75 Å². The monoisotopic (exact) mass is 426 g/mol. The molecule has 168 valence electrons. The third kappa shape index (κ3) is 10.5. The van der Waals surface area contributed by atoms with Gasteiger partial charge in [-0.15, -0.1) is 0 Å². The van der Waals surface area contributed by atoms with Crippen molar-refractivity contribution in [2.75, 3.05) is 0 Å². The van der Waals surface area contributed by atoms with Crippen LogP contribution in [-0.4, -0.2) is 24.3 Å². The fourth-order valence-corrected chi connectivity index (χ4v) is 4.08. The molecular formula is C24H42O4S. The van der Waals surface area contributed by atoms with Gasteiger partial charge in [-0.1, -0.05) is 71.3 Å². The Kier molecular flexibility index (Phi) is 12.6. The van der Waals surface area contributed by atoms with E-state index in [1.807, 2.05) is 6.07 Å². The van der Waals surface area contributed by atoms with E-state index in [1.54, 1.807) is 6.92 Å². The summed E-state index contributed by atoms with van der Waals surface area (Å²) in [6.45, 7) is 7.62. The average molecular weight is 427 g/mol. The van der Waals surface area contributed by atoms with Crippen molar-refractivity contribution in [3.63, 3.8) is 0 Å². The van der Waals surface area contributed by atoms with E-state index in [4.69, 9.17) is 4.74 Å². The standard InChI is InChI=1S/C24H42O4S/c1-5-7-9-11-13-15-22-17-18-24(28-20(3)21(4)29(25,26)27)19-23(22)16-14-12-10-8-6-2/h17-21H,5-16H2,1-4H3,(H,25,26,27). The highest BCUT2D eigenvalue weighted by Gasteiger charge is 2.26. The second-order valence-electron chi connectivity index (χ2n) is 8.30. The van der Waals surface area contributed by atoms with Gasteiger partial charge in [-0.2, -0.15) is 8.42 Å². The molecule has 0 saturated heterocycles. The molecule has 0 aliphatic heterocycles. The smallest absolute Gasteiger partial charge is 0.271 e. The lowest BCUT2D eigenvalue weighted by Gasteiger charge is -2.20. The Morgan fingerprint density at radius 1 is 0.828 bits per heavy atom. The molecule has 2 unspecified atom stereocenters. The van der Waals surface area contributed by atoms with Crippen molar-refractivity contribution >= 4 is 10.1 Å². The summed E-state index contributed by atoms with van der Waals surface area (Å²) in [6, 6.07) is 6.16. The van der Waals surface area contributed by atoms with E-state index in [0.717, 1.165) is 12.8 Å². The lowest BCUT2D eigenvalue weighted by atomic mass is 9.96. The first-order chi connectivity index (χ1) is 13.8. The maximum Gasteiger partial charge on any atom is 0.271 e. The maximum atomic E-state index is 11.4. The van der Waals surface area contributed by atoms with Crippen LogP contribution in [0.15, 0.2) is 18.2 Å². The SMILES string of the molecule is CCCCCCCc1ccc(OC(C)C(C)S(=O)(=O)O)cc1CCCCCCC. The van der Waals surface area contributed by atoms with Gasteiger partial charge in [-0.25, -0.2) is 0 Å². The van der Waals surface area contributed by atoms with Gasteiger partial charge in [-0.3, -0.25) is 4.55 Å². The van der Waals surface area contributed by atoms with Gasteiger partial charge in [0, 0.05) is 0 Å². The lowest BCUT2D eigenvalue weighted by Crippen LogP contribution is -2.33. The highest BCUT2D eigenvalue weighted by Crippen LogP contribution is 2.24. The average Bonchev–Trinajstić information content (AvgIpc) is 2.67. The van der Waals surface area contributed by atoms with Gasteiger partial charge in [0.1, 0.15) is 17.1 Å². The molecular weight excluding hydrogens is 384 g/mol. The molecule has 0 radical (unpaired) electrons. The van der Waals surface area contributed by atoms with Crippen LogP contribution in [0, 0.1) is 0 Å². The topological polar surface area (TPSA) is 63.6 Å². The van der Waals surface area contributed by atoms with Crippen LogP contribution in [0.3, 0.4) is 0 Å². The van der Waals surface area contributed by atoms with E-state index in [0.29, 0.717) is 5.75 Å². The first kappa shape index (κ1) is 26.0. The van der Waals surface area contributed by atoms with E-state index in [1.165, 1.54) is 82.3 Å². The molecule has 1 rings (SSSR count). The van der Waals surface area contributed by atoms with Crippen LogP contribution in [-0.2, 0) is 23.0 Å². The predicted octanol–water partition coefficient (Wildman–Crippen LogP) is 6.76. The molecule has 0 heterocycles. The number of aryl methyl sites for hydroxylation is 2. The van der Waals surface area contributed by atoms with Crippen LogP contribution in [0.25, 0.3) is 0 Å². The Hall–Kier alpha value is -1.07. The first-order valence-electron chi connectivity index (χ1n) is 11.5. The summed E-state index contributed by atoms with van der Waals surface area (Å²) in [5.41, 5.74) is 2.71. The van der Waals surface area contributed by atoms with Crippen molar-refractivity contribution in [2.45, 2.75) is 116 Å². The van der Waals surface area contributed by atoms with Crippen molar-refractivity contribution in [3.05, 3.63) is 29.3 Å². The molecule has 0 amide bonds. The third-order valence-corrected chi connectivity index (χ3v) is 7.05. The van der Waals surface area contributed by atoms with Gasteiger partial charge in [-0.05, 0) is 62.8 Å². The summed E-state index contributed by atoms with van der Waals surface area (Å²) >= 11 is 0. The van der Waals surface area contributed by atoms with Crippen LogP contribution in [0.4, 0.5) is 0 Å². The zero-order valence-corrected chi connectivity index (χ0v) is 19.8. The minimum absolute atomic E-state index is 0.609. The number of ether oxygens (including phenoxy) is 1. The van der Waals surface area contributed by atoms with Gasteiger partial charge < -0.3 is 4.74 Å². The zero-order valence-electron chi connectivity index (χ0n) is 19.0. The molecule has 0 bridgehead atoms. The molecule has 0 spiro atoms. The van der Waals surface area contributed by atoms with Crippen molar-refractivity contribution in [3.8, 4) is 5.75 Å². The molecule has 1 aromatic carbocycles. The van der Waals surface area contributed by atoms with Crippen LogP contribution in [0.2, 0.25) is 0 Å². The van der Waals surface area contributed by atoms with Crippen molar-refractivity contribution in [1.29, 1.82) is 0 Å². The van der Waals surface area contributed by atoms with E-state index in [9.17, 15) is 13.0 Å². The van der Waals surface area contributed by atoms with Crippen molar-refractivity contribution in [2.24, 2.45) is 0 Å². The van der Waals surface area contributed by atoms with Gasteiger partial charge >= 0.3 is 0 Å². The Balaban J connectivity index is 2.78. The Labute approximate surface area is 179 Å². The number of unbranched alkanes of at least 4 members (excludes halogenated alkanes) is 8. The molecule has 0 fully saturated rings. The van der Waals surface area contributed by atoms with Gasteiger partial charge in [0.2, 0.25) is 0 Å². The fraction of sp³-hybridized carbons (Fsp3) is 0.750. The van der Waals surface area contributed by atoms with Crippen molar-refractivity contribution < 1.29 is 17.7 Å². The van der Waals surface area contributed by atoms with E-state index in [-0.39, 0.29) is 0 Å². The molecule has 0 saturated carbocycles.